The third-order valence-corrected chi connectivity index (χ3v) is 5.42. The van der Waals surface area contributed by atoms with Gasteiger partial charge in [-0.25, -0.2) is 8.42 Å². The molecule has 0 atom stereocenters. The van der Waals surface area contributed by atoms with Crippen molar-refractivity contribution in [1.29, 1.82) is 0 Å². The zero-order valence-electron chi connectivity index (χ0n) is 15.8. The van der Waals surface area contributed by atoms with E-state index in [2.05, 4.69) is 10.0 Å². The Kier molecular flexibility index (Phi) is 6.73. The Bertz CT molecular complexity index is 910. The number of hydrogen-bond acceptors (Lipinski definition) is 4. The van der Waals surface area contributed by atoms with E-state index in [1.165, 1.54) is 24.3 Å². The van der Waals surface area contributed by atoms with E-state index >= 15 is 0 Å². The number of rotatable bonds is 7. The first-order valence-electron chi connectivity index (χ1n) is 8.48. The molecule has 0 heterocycles. The molecular weight excluding hydrogens is 386 g/mol. The number of halogens is 1. The predicted molar refractivity (Wildman–Crippen MR) is 110 cm³/mol. The SMILES string of the molecule is CC(C)CNC(=O)c1cc(NS(=O)(=O)c2ccc(Cl)cc2)ccc1N(C)C. The Morgan fingerprint density at radius 1 is 1.11 bits per heavy atom. The molecule has 2 aromatic rings. The lowest BCUT2D eigenvalue weighted by Crippen LogP contribution is -2.29. The lowest BCUT2D eigenvalue weighted by Gasteiger charge is -2.19. The van der Waals surface area contributed by atoms with Crippen LogP contribution < -0.4 is 14.9 Å². The summed E-state index contributed by atoms with van der Waals surface area (Å²) in [6, 6.07) is 10.8. The van der Waals surface area contributed by atoms with Gasteiger partial charge in [0, 0.05) is 37.0 Å². The highest BCUT2D eigenvalue weighted by Crippen LogP contribution is 2.25. The van der Waals surface area contributed by atoms with Gasteiger partial charge < -0.3 is 10.2 Å². The monoisotopic (exact) mass is 409 g/mol. The van der Waals surface area contributed by atoms with Gasteiger partial charge >= 0.3 is 0 Å². The first-order chi connectivity index (χ1) is 12.6. The van der Waals surface area contributed by atoms with E-state index in [9.17, 15) is 13.2 Å². The van der Waals surface area contributed by atoms with Gasteiger partial charge in [-0.15, -0.1) is 0 Å². The van der Waals surface area contributed by atoms with Crippen LogP contribution in [0.3, 0.4) is 0 Å². The first kappa shape index (κ1) is 21.1. The number of anilines is 2. The molecule has 8 heteroatoms. The van der Waals surface area contributed by atoms with E-state index in [-0.39, 0.29) is 10.8 Å². The average molecular weight is 410 g/mol. The fraction of sp³-hybridized carbons (Fsp3) is 0.316. The zero-order valence-corrected chi connectivity index (χ0v) is 17.4. The molecular formula is C19H24ClN3O3S. The average Bonchev–Trinajstić information content (AvgIpc) is 2.59. The molecule has 0 spiro atoms. The summed E-state index contributed by atoms with van der Waals surface area (Å²) in [6.45, 7) is 4.54. The van der Waals surface area contributed by atoms with Crippen LogP contribution in [0, 0.1) is 5.92 Å². The summed E-state index contributed by atoms with van der Waals surface area (Å²) in [5, 5.41) is 3.32. The summed E-state index contributed by atoms with van der Waals surface area (Å²) in [6.07, 6.45) is 0. The minimum Gasteiger partial charge on any atom is -0.377 e. The van der Waals surface area contributed by atoms with Gasteiger partial charge in [-0.1, -0.05) is 25.4 Å². The molecule has 2 aromatic carbocycles. The van der Waals surface area contributed by atoms with Crippen LogP contribution in [-0.2, 0) is 10.0 Å². The summed E-state index contributed by atoms with van der Waals surface area (Å²) < 4.78 is 27.6. The molecule has 6 nitrogen and oxygen atoms in total. The second-order valence-electron chi connectivity index (χ2n) is 6.79. The molecule has 27 heavy (non-hydrogen) atoms. The van der Waals surface area contributed by atoms with Gasteiger partial charge in [0.15, 0.2) is 0 Å². The van der Waals surface area contributed by atoms with Crippen LogP contribution in [0.25, 0.3) is 0 Å². The van der Waals surface area contributed by atoms with Crippen molar-refractivity contribution in [2.24, 2.45) is 5.92 Å². The van der Waals surface area contributed by atoms with E-state index in [1.807, 2.05) is 32.8 Å². The van der Waals surface area contributed by atoms with Crippen molar-refractivity contribution in [1.82, 2.24) is 5.32 Å². The Morgan fingerprint density at radius 3 is 2.30 bits per heavy atom. The molecule has 0 unspecified atom stereocenters. The number of nitrogens with one attached hydrogen (secondary N) is 2. The van der Waals surface area contributed by atoms with Gasteiger partial charge in [0.1, 0.15) is 0 Å². The third kappa shape index (κ3) is 5.61. The first-order valence-corrected chi connectivity index (χ1v) is 10.3. The number of benzene rings is 2. The number of amides is 1. The highest BCUT2D eigenvalue weighted by molar-refractivity contribution is 7.92. The van der Waals surface area contributed by atoms with E-state index in [1.54, 1.807) is 18.2 Å². The minimum atomic E-state index is -3.79. The summed E-state index contributed by atoms with van der Waals surface area (Å²) in [5.74, 6) is 0.0586. The normalized spacial score (nSPS) is 11.3. The van der Waals surface area contributed by atoms with Gasteiger partial charge in [0.25, 0.3) is 15.9 Å². The standard InChI is InChI=1S/C19H24ClN3O3S/c1-13(2)12-21-19(24)17-11-15(7-10-18(17)23(3)4)22-27(25,26)16-8-5-14(20)6-9-16/h5-11,13,22H,12H2,1-4H3,(H,21,24). The van der Waals surface area contributed by atoms with Crippen LogP contribution in [-0.4, -0.2) is 35.0 Å². The maximum Gasteiger partial charge on any atom is 0.261 e. The largest absolute Gasteiger partial charge is 0.377 e. The topological polar surface area (TPSA) is 78.5 Å². The van der Waals surface area contributed by atoms with Gasteiger partial charge in [-0.2, -0.15) is 0 Å². The van der Waals surface area contributed by atoms with Gasteiger partial charge in [0.2, 0.25) is 0 Å². The maximum absolute atomic E-state index is 12.6. The number of carbonyl (C=O) groups is 1. The van der Waals surface area contributed by atoms with E-state index in [0.717, 1.165) is 0 Å². The lowest BCUT2D eigenvalue weighted by molar-refractivity contribution is 0.0949. The lowest BCUT2D eigenvalue weighted by atomic mass is 10.1. The molecule has 1 amide bonds. The van der Waals surface area contributed by atoms with E-state index in [0.29, 0.717) is 34.4 Å². The molecule has 0 bridgehead atoms. The third-order valence-electron chi connectivity index (χ3n) is 3.77. The van der Waals surface area contributed by atoms with Crippen LogP contribution in [0.4, 0.5) is 11.4 Å². The molecule has 0 saturated carbocycles. The van der Waals surface area contributed by atoms with E-state index in [4.69, 9.17) is 11.6 Å². The van der Waals surface area contributed by atoms with Crippen molar-refractivity contribution in [2.45, 2.75) is 18.7 Å². The summed E-state index contributed by atoms with van der Waals surface area (Å²) in [5.41, 5.74) is 1.41. The van der Waals surface area contributed by atoms with Crippen LogP contribution >= 0.6 is 11.6 Å². The van der Waals surface area contributed by atoms with Crippen LogP contribution in [0.15, 0.2) is 47.4 Å². The van der Waals surface area contributed by atoms with Gasteiger partial charge in [0.05, 0.1) is 10.5 Å². The predicted octanol–water partition coefficient (Wildman–Crippen LogP) is 3.59. The van der Waals surface area contributed by atoms with Crippen LogP contribution in [0.2, 0.25) is 5.02 Å². The molecule has 0 aliphatic rings. The van der Waals surface area contributed by atoms with Crippen molar-refractivity contribution >= 4 is 38.9 Å². The quantitative estimate of drug-likeness (QED) is 0.732. The Balaban J connectivity index is 2.33. The van der Waals surface area contributed by atoms with Gasteiger partial charge in [-0.05, 0) is 48.4 Å². The summed E-state index contributed by atoms with van der Waals surface area (Å²) in [4.78, 5) is 14.5. The van der Waals surface area contributed by atoms with Crippen molar-refractivity contribution in [2.75, 3.05) is 30.3 Å². The highest BCUT2D eigenvalue weighted by Gasteiger charge is 2.18. The number of carbonyl (C=O) groups excluding carboxylic acids is 1. The summed E-state index contributed by atoms with van der Waals surface area (Å²) >= 11 is 5.81. The Hall–Kier alpha value is -2.25. The molecule has 2 rings (SSSR count). The second kappa shape index (κ2) is 8.63. The molecule has 0 aromatic heterocycles. The zero-order chi connectivity index (χ0) is 20.2. The molecule has 0 radical (unpaired) electrons. The number of hydrogen-bond donors (Lipinski definition) is 2. The fourth-order valence-electron chi connectivity index (χ4n) is 2.39. The Labute approximate surface area is 165 Å². The molecule has 0 aliphatic heterocycles. The molecule has 2 N–H and O–H groups in total. The molecule has 0 saturated heterocycles. The smallest absolute Gasteiger partial charge is 0.261 e. The Morgan fingerprint density at radius 2 is 1.74 bits per heavy atom. The summed E-state index contributed by atoms with van der Waals surface area (Å²) in [7, 11) is -0.134. The maximum atomic E-state index is 12.6. The van der Waals surface area contributed by atoms with Crippen LogP contribution in [0.5, 0.6) is 0 Å². The highest BCUT2D eigenvalue weighted by atomic mass is 35.5. The molecule has 0 aliphatic carbocycles. The van der Waals surface area contributed by atoms with E-state index < -0.39 is 10.0 Å². The van der Waals surface area contributed by atoms with Crippen molar-refractivity contribution < 1.29 is 13.2 Å². The van der Waals surface area contributed by atoms with Gasteiger partial charge in [-0.3, -0.25) is 9.52 Å². The molecule has 146 valence electrons. The van der Waals surface area contributed by atoms with Crippen molar-refractivity contribution in [3.63, 3.8) is 0 Å². The number of nitrogens with zero attached hydrogens (tertiary/aromatic N) is 1. The fourth-order valence-corrected chi connectivity index (χ4v) is 3.57. The molecule has 0 fully saturated rings. The van der Waals surface area contributed by atoms with Crippen molar-refractivity contribution in [3.05, 3.63) is 53.1 Å². The number of sulfonamides is 1. The second-order valence-corrected chi connectivity index (χ2v) is 8.91. The van der Waals surface area contributed by atoms with Crippen LogP contribution in [0.1, 0.15) is 24.2 Å². The minimum absolute atomic E-state index is 0.0920. The van der Waals surface area contributed by atoms with Crippen molar-refractivity contribution in [3.8, 4) is 0 Å².